The number of benzene rings is 2. The lowest BCUT2D eigenvalue weighted by Gasteiger charge is -2.36. The molecule has 0 bridgehead atoms. The zero-order valence-corrected chi connectivity index (χ0v) is 19.9. The van der Waals surface area contributed by atoms with Gasteiger partial charge in [0.2, 0.25) is 5.91 Å². The number of aryl methyl sites for hydroxylation is 1. The molecule has 0 radical (unpaired) electrons. The average molecular weight is 488 g/mol. The maximum atomic E-state index is 13.3. The Kier molecular flexibility index (Phi) is 7.04. The summed E-state index contributed by atoms with van der Waals surface area (Å²) in [4.78, 5) is 30.5. The SMILES string of the molecule is Cc1ccc(N2CCCN(Cc3ccc(Cl)c(Cl)c3)C2=O)c(NC(=O)Cc2cccs2)c1. The molecular weight excluding hydrogens is 465 g/mol. The van der Waals surface area contributed by atoms with E-state index in [0.717, 1.165) is 22.4 Å². The number of rotatable bonds is 6. The molecule has 0 saturated carbocycles. The third kappa shape index (κ3) is 5.26. The van der Waals surface area contributed by atoms with Gasteiger partial charge in [-0.15, -0.1) is 11.3 Å². The molecule has 1 N–H and O–H groups in total. The van der Waals surface area contributed by atoms with Crippen LogP contribution >= 0.6 is 34.5 Å². The van der Waals surface area contributed by atoms with Crippen LogP contribution in [0.4, 0.5) is 16.2 Å². The highest BCUT2D eigenvalue weighted by Crippen LogP contribution is 2.31. The zero-order chi connectivity index (χ0) is 22.7. The normalized spacial score (nSPS) is 14.0. The van der Waals surface area contributed by atoms with Gasteiger partial charge in [0.1, 0.15) is 0 Å². The molecule has 5 nitrogen and oxygen atoms in total. The highest BCUT2D eigenvalue weighted by molar-refractivity contribution is 7.10. The summed E-state index contributed by atoms with van der Waals surface area (Å²) in [6.07, 6.45) is 1.13. The molecule has 0 atom stereocenters. The van der Waals surface area contributed by atoms with Gasteiger partial charge in [-0.3, -0.25) is 9.69 Å². The van der Waals surface area contributed by atoms with Gasteiger partial charge in [-0.2, -0.15) is 0 Å². The fourth-order valence-corrected chi connectivity index (χ4v) is 4.79. The third-order valence-corrected chi connectivity index (χ3v) is 6.92. The van der Waals surface area contributed by atoms with E-state index in [2.05, 4.69) is 5.32 Å². The van der Waals surface area contributed by atoms with Crippen LogP contribution in [0.1, 0.15) is 22.4 Å². The number of carbonyl (C=O) groups excluding carboxylic acids is 2. The first kappa shape index (κ1) is 22.6. The van der Waals surface area contributed by atoms with Crippen LogP contribution in [0.15, 0.2) is 53.9 Å². The van der Waals surface area contributed by atoms with Crippen molar-refractivity contribution in [2.24, 2.45) is 0 Å². The van der Waals surface area contributed by atoms with Crippen molar-refractivity contribution in [2.75, 3.05) is 23.3 Å². The molecule has 4 rings (SSSR count). The Morgan fingerprint density at radius 3 is 2.69 bits per heavy atom. The highest BCUT2D eigenvalue weighted by atomic mass is 35.5. The van der Waals surface area contributed by atoms with E-state index in [1.54, 1.807) is 33.3 Å². The predicted molar refractivity (Wildman–Crippen MR) is 132 cm³/mol. The van der Waals surface area contributed by atoms with Gasteiger partial charge < -0.3 is 10.2 Å². The van der Waals surface area contributed by atoms with Crippen molar-refractivity contribution >= 4 is 57.9 Å². The lowest BCUT2D eigenvalue weighted by Crippen LogP contribution is -2.49. The molecule has 1 aliphatic heterocycles. The van der Waals surface area contributed by atoms with Crippen LogP contribution in [-0.2, 0) is 17.8 Å². The van der Waals surface area contributed by atoms with Crippen molar-refractivity contribution in [3.8, 4) is 0 Å². The Hall–Kier alpha value is -2.54. The van der Waals surface area contributed by atoms with Crippen LogP contribution in [0.2, 0.25) is 10.0 Å². The van der Waals surface area contributed by atoms with Crippen LogP contribution < -0.4 is 10.2 Å². The van der Waals surface area contributed by atoms with Crippen LogP contribution in [0, 0.1) is 6.92 Å². The molecule has 1 aromatic heterocycles. The number of halogens is 2. The van der Waals surface area contributed by atoms with Gasteiger partial charge in [0, 0.05) is 24.5 Å². The molecule has 1 aliphatic rings. The van der Waals surface area contributed by atoms with E-state index in [1.165, 1.54) is 0 Å². The summed E-state index contributed by atoms with van der Waals surface area (Å²) in [5.74, 6) is -0.101. The molecule has 3 amide bonds. The maximum absolute atomic E-state index is 13.3. The second-order valence-electron chi connectivity index (χ2n) is 7.78. The monoisotopic (exact) mass is 487 g/mol. The molecule has 2 aromatic carbocycles. The number of anilines is 2. The van der Waals surface area contributed by atoms with Gasteiger partial charge in [-0.05, 0) is 60.2 Å². The molecule has 0 spiro atoms. The Morgan fingerprint density at radius 1 is 1.09 bits per heavy atom. The van der Waals surface area contributed by atoms with E-state index in [0.29, 0.717) is 47.5 Å². The van der Waals surface area contributed by atoms with Crippen LogP contribution in [0.25, 0.3) is 0 Å². The minimum Gasteiger partial charge on any atom is -0.324 e. The summed E-state index contributed by atoms with van der Waals surface area (Å²) in [7, 11) is 0. The van der Waals surface area contributed by atoms with Crippen molar-refractivity contribution in [3.63, 3.8) is 0 Å². The summed E-state index contributed by atoms with van der Waals surface area (Å²) >= 11 is 13.7. The van der Waals surface area contributed by atoms with E-state index in [1.807, 2.05) is 48.7 Å². The Bertz CT molecular complexity index is 1130. The van der Waals surface area contributed by atoms with Crippen LogP contribution in [0.5, 0.6) is 0 Å². The van der Waals surface area contributed by atoms with Crippen LogP contribution in [0.3, 0.4) is 0 Å². The summed E-state index contributed by atoms with van der Waals surface area (Å²) < 4.78 is 0. The fraction of sp³-hybridized carbons (Fsp3) is 0.250. The number of nitrogens with one attached hydrogen (secondary N) is 1. The summed E-state index contributed by atoms with van der Waals surface area (Å²) in [6.45, 7) is 3.65. The topological polar surface area (TPSA) is 52.6 Å². The molecule has 2 heterocycles. The second kappa shape index (κ2) is 9.94. The van der Waals surface area contributed by atoms with Gasteiger partial charge in [0.15, 0.2) is 0 Å². The molecule has 0 aliphatic carbocycles. The molecule has 1 saturated heterocycles. The van der Waals surface area contributed by atoms with Gasteiger partial charge in [0.25, 0.3) is 0 Å². The summed E-state index contributed by atoms with van der Waals surface area (Å²) in [5, 5.41) is 5.93. The van der Waals surface area contributed by atoms with E-state index in [4.69, 9.17) is 23.2 Å². The Morgan fingerprint density at radius 2 is 1.94 bits per heavy atom. The third-order valence-electron chi connectivity index (χ3n) is 5.30. The first-order valence-electron chi connectivity index (χ1n) is 10.3. The number of carbonyl (C=O) groups is 2. The Labute approximate surface area is 201 Å². The molecular formula is C24H23Cl2N3O2S. The van der Waals surface area contributed by atoms with Gasteiger partial charge >= 0.3 is 6.03 Å². The first-order chi connectivity index (χ1) is 15.4. The quantitative estimate of drug-likeness (QED) is 0.438. The molecule has 1 fully saturated rings. The van der Waals surface area contributed by atoms with Crippen molar-refractivity contribution in [2.45, 2.75) is 26.3 Å². The van der Waals surface area contributed by atoms with Crippen LogP contribution in [-0.4, -0.2) is 29.9 Å². The minimum atomic E-state index is -0.101. The smallest absolute Gasteiger partial charge is 0.324 e. The minimum absolute atomic E-state index is 0.0973. The predicted octanol–water partition coefficient (Wildman–Crippen LogP) is 6.38. The van der Waals surface area contributed by atoms with E-state index in [-0.39, 0.29) is 11.9 Å². The second-order valence-corrected chi connectivity index (χ2v) is 9.63. The molecule has 0 unspecified atom stereocenters. The van der Waals surface area contributed by atoms with E-state index < -0.39 is 0 Å². The summed E-state index contributed by atoms with van der Waals surface area (Å²) in [6, 6.07) is 14.9. The van der Waals surface area contributed by atoms with Crippen molar-refractivity contribution in [3.05, 3.63) is 80.0 Å². The number of hydrogen-bond acceptors (Lipinski definition) is 3. The number of amides is 3. The number of hydrogen-bond donors (Lipinski definition) is 1. The van der Waals surface area contributed by atoms with E-state index >= 15 is 0 Å². The average Bonchev–Trinajstić information content (AvgIpc) is 3.26. The molecule has 166 valence electrons. The maximum Gasteiger partial charge on any atom is 0.324 e. The van der Waals surface area contributed by atoms with Gasteiger partial charge in [-0.1, -0.05) is 41.4 Å². The lowest BCUT2D eigenvalue weighted by atomic mass is 10.1. The van der Waals surface area contributed by atoms with Gasteiger partial charge in [-0.25, -0.2) is 4.79 Å². The number of nitrogens with zero attached hydrogens (tertiary/aromatic N) is 2. The van der Waals surface area contributed by atoms with Crippen molar-refractivity contribution in [1.29, 1.82) is 0 Å². The number of thiophene rings is 1. The number of urea groups is 1. The lowest BCUT2D eigenvalue weighted by molar-refractivity contribution is -0.115. The fourth-order valence-electron chi connectivity index (χ4n) is 3.76. The molecule has 32 heavy (non-hydrogen) atoms. The van der Waals surface area contributed by atoms with Crippen molar-refractivity contribution in [1.82, 2.24) is 4.90 Å². The van der Waals surface area contributed by atoms with Gasteiger partial charge in [0.05, 0.1) is 27.8 Å². The first-order valence-corrected chi connectivity index (χ1v) is 12.0. The Balaban J connectivity index is 1.53. The summed E-state index contributed by atoms with van der Waals surface area (Å²) in [5.41, 5.74) is 3.29. The zero-order valence-electron chi connectivity index (χ0n) is 17.6. The standard InChI is InChI=1S/C24H23Cl2N3O2S/c1-16-5-8-22(21(12-16)27-23(30)14-18-4-2-11-32-18)29-10-3-9-28(24(29)31)15-17-6-7-19(25)20(26)13-17/h2,4-8,11-13H,3,9-10,14-15H2,1H3,(H,27,30). The molecule has 8 heteroatoms. The molecule has 3 aromatic rings. The van der Waals surface area contributed by atoms with E-state index in [9.17, 15) is 9.59 Å². The van der Waals surface area contributed by atoms with Crippen molar-refractivity contribution < 1.29 is 9.59 Å². The largest absolute Gasteiger partial charge is 0.324 e. The highest BCUT2D eigenvalue weighted by Gasteiger charge is 2.28.